The first kappa shape index (κ1) is 93.5. The molecule has 28 nitrogen and oxygen atoms in total. The molecule has 2 aliphatic carbocycles. The van der Waals surface area contributed by atoms with Crippen molar-refractivity contribution in [3.05, 3.63) is 325 Å². The SMILES string of the molecule is CC1C=CC=C(C2O[C@H]3[C@H](O)[C@@H](NC(=O)OCc4ccccc4)[C@@H](O[C@H]4[C@H](O[C@@H]5O[C@H](CO[Si](c6ccccc6)(c6ccccc6)C(C)(C)C)[C@@H](O[C@H]6O[C@H]7CN(C(=O)OCc8ccccc8)C(c8ccccc8)O[C@H]7[C@H](O)[C@H]6NC(=O)OCc6ccccc6)[C@H]5CC(C)(C)[Si](O)(c5ccccc5)c5ccccc5)[C@H]5OC(=O)N[C@@H]5C[C@@H]4N)O[C@@H]3CN2C(=O)OCc2ccccc2)C1. The average molecular weight is 1850 g/mol. The number of amides is 5. The number of aliphatic hydroxyl groups excluding tert-OH is 2. The van der Waals surface area contributed by atoms with Crippen molar-refractivity contribution in [3.63, 3.8) is 0 Å². The summed E-state index contributed by atoms with van der Waals surface area (Å²) in [6.07, 6.45) is -20.7. The molecule has 0 aromatic heterocycles. The van der Waals surface area contributed by atoms with Crippen LogP contribution in [0.15, 0.2) is 297 Å². The standard InChI is InChI=1S/C103H116N6O22Si2/c1-65-35-34-46-71(55-65)93-109(101(116)121-63-69-42-22-10-23-43-69)59-80-90(127-93)85(111)83(107-98(113)119-61-67-38-18-8-19-39-67)96(124-80)129-87-77(104)56-78-88(131-99(114)105-78)91(87)130-94-76(57-103(5,6)132(117,72-47-26-12-27-48-72)73-49-28-13-29-50-73)86(81(125-94)64-122-133(102(2,3)4,74-51-30-14-31-52-74)75-53-32-15-33-54-75)128-95-82(106-97(112)118-60-66-36-16-7-17-37-66)84(110)89-79(123-95)58-108(92(126-89)70-44-24-11-25-45-70)100(115)120-62-68-40-20-9-21-41-68/h7-54,65,76-96,110-111,117H,55-64,104H2,1-6H3,(H,105,114)(H,106,112)(H,107,113)/t65?,76-,77+,78-,79+,80-,81-,82-,83-,84-,85-,86+,87-,88+,89-,90-,91+,92?,93?,94+,95-,96-/m1/s1. The second-order valence-electron chi connectivity index (χ2n) is 37.1. The Hall–Kier alpha value is -11.3. The number of carbonyl (C=O) groups excluding carboxylic acids is 5. The van der Waals surface area contributed by atoms with E-state index < -0.39 is 186 Å². The molecule has 22 atom stereocenters. The van der Waals surface area contributed by atoms with Gasteiger partial charge >= 0.3 is 30.5 Å². The van der Waals surface area contributed by atoms with E-state index in [1.54, 1.807) is 60.7 Å². The number of nitrogens with two attached hydrogens (primary N) is 1. The summed E-state index contributed by atoms with van der Waals surface area (Å²) in [5.41, 5.74) is 11.6. The first-order chi connectivity index (χ1) is 64.4. The van der Waals surface area contributed by atoms with Gasteiger partial charge in [-0.2, -0.15) is 0 Å². The van der Waals surface area contributed by atoms with Crippen molar-refractivity contribution in [1.82, 2.24) is 25.8 Å². The van der Waals surface area contributed by atoms with Gasteiger partial charge in [0.25, 0.3) is 16.6 Å². The van der Waals surface area contributed by atoms with E-state index in [2.05, 4.69) is 61.0 Å². The second kappa shape index (κ2) is 41.3. The molecule has 698 valence electrons. The molecule has 17 rings (SSSR count). The minimum atomic E-state index is -4.19. The minimum absolute atomic E-state index is 0.00635. The van der Waals surface area contributed by atoms with E-state index in [1.807, 2.05) is 227 Å². The Morgan fingerprint density at radius 3 is 1.35 bits per heavy atom. The molecule has 0 spiro atoms. The van der Waals surface area contributed by atoms with Crippen molar-refractivity contribution >= 4 is 67.8 Å². The fraction of sp³-hybridized carbons (Fsp3) is 0.388. The summed E-state index contributed by atoms with van der Waals surface area (Å²) in [4.78, 5) is 91.3. The maximum Gasteiger partial charge on any atom is 0.412 e. The molecule has 5 amide bonds. The molecule has 30 heteroatoms. The summed E-state index contributed by atoms with van der Waals surface area (Å²) < 4.78 is 98.0. The number of carbonyl (C=O) groups is 5. The van der Waals surface area contributed by atoms with Crippen LogP contribution in [-0.2, 0) is 92.4 Å². The third-order valence-corrected chi connectivity index (χ3v) is 36.2. The van der Waals surface area contributed by atoms with Crippen LogP contribution in [-0.4, -0.2) is 208 Å². The van der Waals surface area contributed by atoms with E-state index in [0.717, 1.165) is 21.5 Å². The van der Waals surface area contributed by atoms with Crippen LogP contribution >= 0.6 is 0 Å². The predicted molar refractivity (Wildman–Crippen MR) is 496 cm³/mol. The third kappa shape index (κ3) is 20.6. The largest absolute Gasteiger partial charge is 0.445 e. The van der Waals surface area contributed by atoms with Crippen LogP contribution in [0.5, 0.6) is 0 Å². The number of rotatable bonds is 28. The van der Waals surface area contributed by atoms with Crippen LogP contribution in [0.3, 0.4) is 0 Å². The topological polar surface area (TPSA) is 344 Å². The van der Waals surface area contributed by atoms with Crippen molar-refractivity contribution in [1.29, 1.82) is 0 Å². The zero-order valence-corrected chi connectivity index (χ0v) is 77.1. The van der Waals surface area contributed by atoms with Gasteiger partial charge in [0.15, 0.2) is 37.4 Å². The van der Waals surface area contributed by atoms with Gasteiger partial charge in [0.1, 0.15) is 93.4 Å². The normalized spacial score (nSPS) is 28.6. The lowest BCUT2D eigenvalue weighted by Crippen LogP contribution is -2.72. The first-order valence-electron chi connectivity index (χ1n) is 45.6. The van der Waals surface area contributed by atoms with E-state index in [0.29, 0.717) is 39.1 Å². The molecule has 1 saturated carbocycles. The zero-order valence-electron chi connectivity index (χ0n) is 75.1. The van der Waals surface area contributed by atoms with Gasteiger partial charge in [0.2, 0.25) is 0 Å². The molecule has 7 fully saturated rings. The Balaban J connectivity index is 0.797. The number of nitrogens with zero attached hydrogens (tertiary/aromatic N) is 2. The highest BCUT2D eigenvalue weighted by atomic mass is 28.4. The van der Waals surface area contributed by atoms with Gasteiger partial charge in [-0.25, -0.2) is 24.0 Å². The molecule has 9 aromatic carbocycles. The molecule has 8 aliphatic rings. The number of fused-ring (bicyclic) bond motifs is 3. The summed E-state index contributed by atoms with van der Waals surface area (Å²) in [5.74, 6) is -1.14. The fourth-order valence-corrected chi connectivity index (χ4v) is 28.4. The smallest absolute Gasteiger partial charge is 0.412 e. The van der Waals surface area contributed by atoms with E-state index in [1.165, 1.54) is 9.80 Å². The van der Waals surface area contributed by atoms with Gasteiger partial charge in [-0.15, -0.1) is 0 Å². The van der Waals surface area contributed by atoms with Crippen molar-refractivity contribution in [2.75, 3.05) is 19.7 Å². The maximum atomic E-state index is 15.0. The van der Waals surface area contributed by atoms with Gasteiger partial charge in [0, 0.05) is 17.5 Å². The number of nitrogens with one attached hydrogen (secondary N) is 3. The molecule has 6 saturated heterocycles. The van der Waals surface area contributed by atoms with E-state index in [-0.39, 0.29) is 64.9 Å². The monoisotopic (exact) mass is 1840 g/mol. The van der Waals surface area contributed by atoms with E-state index in [9.17, 15) is 34.2 Å². The Bertz CT molecular complexity index is 5360. The Morgan fingerprint density at radius 1 is 0.496 bits per heavy atom. The summed E-state index contributed by atoms with van der Waals surface area (Å²) in [6.45, 7) is 11.1. The molecule has 0 bridgehead atoms. The van der Waals surface area contributed by atoms with E-state index >= 15 is 4.79 Å². The van der Waals surface area contributed by atoms with Gasteiger partial charge in [0.05, 0.1) is 31.8 Å². The third-order valence-electron chi connectivity index (χ3n) is 26.7. The molecule has 9 aromatic rings. The number of allylic oxidation sites excluding steroid dienone is 3. The van der Waals surface area contributed by atoms with Gasteiger partial charge < -0.3 is 103 Å². The van der Waals surface area contributed by atoms with Gasteiger partial charge in [-0.3, -0.25) is 9.80 Å². The van der Waals surface area contributed by atoms with Crippen LogP contribution in [0.1, 0.15) is 94.9 Å². The lowest BCUT2D eigenvalue weighted by molar-refractivity contribution is -0.329. The molecule has 6 aliphatic heterocycles. The molecule has 133 heavy (non-hydrogen) atoms. The highest BCUT2D eigenvalue weighted by Gasteiger charge is 2.64. The molecular formula is C103H116N6O22Si2. The lowest BCUT2D eigenvalue weighted by atomic mass is 9.83. The minimum Gasteiger partial charge on any atom is -0.445 e. The predicted octanol–water partition coefficient (Wildman–Crippen LogP) is 11.6. The molecule has 8 N–H and O–H groups in total. The van der Waals surface area contributed by atoms with Crippen molar-refractivity contribution in [3.8, 4) is 0 Å². The number of aliphatic hydroxyl groups is 2. The molecule has 3 unspecified atom stereocenters. The van der Waals surface area contributed by atoms with Crippen molar-refractivity contribution in [2.24, 2.45) is 17.6 Å². The quantitative estimate of drug-likeness (QED) is 0.0177. The summed E-state index contributed by atoms with van der Waals surface area (Å²) in [7, 11) is -7.85. The molecule has 0 radical (unpaired) electrons. The number of alkyl carbamates (subject to hydrolysis) is 3. The number of benzene rings is 9. The van der Waals surface area contributed by atoms with Crippen LogP contribution in [0.25, 0.3) is 0 Å². The number of hydrogen-bond acceptors (Lipinski definition) is 23. The summed E-state index contributed by atoms with van der Waals surface area (Å²) >= 11 is 0. The van der Waals surface area contributed by atoms with Crippen molar-refractivity contribution in [2.45, 2.75) is 220 Å². The number of hydrogen-bond donors (Lipinski definition) is 7. The van der Waals surface area contributed by atoms with E-state index in [4.69, 9.17) is 71.7 Å². The summed E-state index contributed by atoms with van der Waals surface area (Å²) in [5, 5.41) is 37.0. The second-order valence-corrected chi connectivity index (χ2v) is 45.3. The first-order valence-corrected chi connectivity index (χ1v) is 49.5. The Kier molecular flexibility index (Phi) is 29.0. The van der Waals surface area contributed by atoms with Crippen molar-refractivity contribution < 1.29 is 105 Å². The molecule has 6 heterocycles. The van der Waals surface area contributed by atoms with Crippen LogP contribution in [0.2, 0.25) is 10.1 Å². The fourth-order valence-electron chi connectivity index (χ4n) is 20.1. The van der Waals surface area contributed by atoms with Crippen LogP contribution in [0, 0.1) is 11.8 Å². The molecular weight excluding hydrogens is 1730 g/mol. The zero-order chi connectivity index (χ0) is 92.5. The van der Waals surface area contributed by atoms with Gasteiger partial charge in [-0.05, 0) is 83.8 Å². The average Bonchev–Trinajstić information content (AvgIpc) is 1.72. The Morgan fingerprint density at radius 2 is 0.902 bits per heavy atom. The summed E-state index contributed by atoms with van der Waals surface area (Å²) in [6, 6.07) is 79.4. The van der Waals surface area contributed by atoms with Crippen LogP contribution < -0.4 is 42.4 Å². The van der Waals surface area contributed by atoms with Crippen LogP contribution in [0.4, 0.5) is 24.0 Å². The highest BCUT2D eigenvalue weighted by Crippen LogP contribution is 2.51. The van der Waals surface area contributed by atoms with Gasteiger partial charge in [-0.1, -0.05) is 333 Å². The number of ether oxygens (including phenoxy) is 13. The lowest BCUT2D eigenvalue weighted by Gasteiger charge is -2.52. The highest BCUT2D eigenvalue weighted by molar-refractivity contribution is 6.99. The Labute approximate surface area is 776 Å². The maximum absolute atomic E-state index is 15.0.